The van der Waals surface area contributed by atoms with Crippen molar-refractivity contribution in [2.24, 2.45) is 0 Å². The van der Waals surface area contributed by atoms with Crippen molar-refractivity contribution in [3.8, 4) is 0 Å². The minimum atomic E-state index is 0.653. The van der Waals surface area contributed by atoms with E-state index >= 15 is 0 Å². The third-order valence-electron chi connectivity index (χ3n) is 1.07. The van der Waals surface area contributed by atoms with Crippen LogP contribution >= 0.6 is 11.8 Å². The fourth-order valence-electron chi connectivity index (χ4n) is 0.211. The number of hydrogen-bond acceptors (Lipinski definition) is 2. The molecule has 0 aliphatic rings. The van der Waals surface area contributed by atoms with Gasteiger partial charge in [0.1, 0.15) is 0 Å². The number of nitrogens with zero attached hydrogens (tertiary/aromatic N) is 1. The van der Waals surface area contributed by atoms with Crippen LogP contribution in [0.2, 0.25) is 0 Å². The summed E-state index contributed by atoms with van der Waals surface area (Å²) in [7, 11) is 4.17. The molecule has 0 rings (SSSR count). The predicted molar refractivity (Wildman–Crippen MR) is 36.7 cm³/mol. The van der Waals surface area contributed by atoms with E-state index in [1.165, 1.54) is 0 Å². The van der Waals surface area contributed by atoms with Gasteiger partial charge in [0.25, 0.3) is 0 Å². The molecule has 0 amide bonds. The summed E-state index contributed by atoms with van der Waals surface area (Å²) < 4.78 is 0. The quantitative estimate of drug-likeness (QED) is 0.503. The zero-order valence-electron chi connectivity index (χ0n) is 5.43. The van der Waals surface area contributed by atoms with Crippen LogP contribution in [0, 0.1) is 0 Å². The van der Waals surface area contributed by atoms with Crippen LogP contribution in [0.5, 0.6) is 0 Å². The maximum absolute atomic E-state index is 2.19. The number of hydrogen-bond donors (Lipinski definition) is 0. The average Bonchev–Trinajstić information content (AvgIpc) is 1.65. The summed E-state index contributed by atoms with van der Waals surface area (Å²) in [5.74, 6) is 0. The Bertz CT molecular complexity index is 45.3. The van der Waals surface area contributed by atoms with Crippen LogP contribution in [0.4, 0.5) is 0 Å². The Kier molecular flexibility index (Phi) is 3.48. The first-order valence-electron chi connectivity index (χ1n) is 2.37. The van der Waals surface area contributed by atoms with E-state index in [0.29, 0.717) is 5.37 Å². The molecule has 0 aromatic carbocycles. The topological polar surface area (TPSA) is 3.24 Å². The molecule has 0 heterocycles. The number of rotatable bonds is 2. The third kappa shape index (κ3) is 2.94. The van der Waals surface area contributed by atoms with Gasteiger partial charge in [0, 0.05) is 0 Å². The molecule has 7 heavy (non-hydrogen) atoms. The summed E-state index contributed by atoms with van der Waals surface area (Å²) in [6.07, 6.45) is 2.12. The molecule has 0 N–H and O–H groups in total. The fraction of sp³-hybridized carbons (Fsp3) is 1.00. The lowest BCUT2D eigenvalue weighted by Gasteiger charge is -2.15. The molecular weight excluding hydrogens is 106 g/mol. The molecule has 0 aromatic rings. The zero-order valence-corrected chi connectivity index (χ0v) is 6.25. The van der Waals surface area contributed by atoms with Crippen molar-refractivity contribution in [2.75, 3.05) is 20.4 Å². The van der Waals surface area contributed by atoms with Crippen LogP contribution in [0.1, 0.15) is 6.92 Å². The lowest BCUT2D eigenvalue weighted by Crippen LogP contribution is -2.20. The van der Waals surface area contributed by atoms with Crippen molar-refractivity contribution in [3.63, 3.8) is 0 Å². The minimum Gasteiger partial charge on any atom is -0.298 e. The van der Waals surface area contributed by atoms with E-state index in [4.69, 9.17) is 0 Å². The third-order valence-corrected chi connectivity index (χ3v) is 2.17. The second kappa shape index (κ2) is 3.33. The molecule has 0 saturated heterocycles. The molecule has 0 bridgehead atoms. The SMILES string of the molecule is CS[C@@H](C)N(C)C. The first-order chi connectivity index (χ1) is 3.18. The molecule has 1 atom stereocenters. The van der Waals surface area contributed by atoms with Crippen LogP contribution in [0.15, 0.2) is 0 Å². The molecule has 0 aliphatic heterocycles. The molecule has 2 heteroatoms. The van der Waals surface area contributed by atoms with Gasteiger partial charge < -0.3 is 0 Å². The van der Waals surface area contributed by atoms with Gasteiger partial charge >= 0.3 is 0 Å². The minimum absolute atomic E-state index is 0.653. The van der Waals surface area contributed by atoms with Crippen molar-refractivity contribution in [2.45, 2.75) is 12.3 Å². The van der Waals surface area contributed by atoms with E-state index < -0.39 is 0 Å². The Hall–Kier alpha value is 0.310. The average molecular weight is 119 g/mol. The van der Waals surface area contributed by atoms with Crippen molar-refractivity contribution in [1.29, 1.82) is 0 Å². The first kappa shape index (κ1) is 7.31. The molecule has 0 aliphatic carbocycles. The van der Waals surface area contributed by atoms with Crippen molar-refractivity contribution in [1.82, 2.24) is 4.90 Å². The zero-order chi connectivity index (χ0) is 5.86. The molecule has 1 nitrogen and oxygen atoms in total. The Morgan fingerprint density at radius 3 is 1.86 bits per heavy atom. The standard InChI is InChI=1S/C5H13NS/c1-5(7-4)6(2)3/h5H,1-4H3/t5-/m0/s1. The maximum atomic E-state index is 2.19. The van der Waals surface area contributed by atoms with Crippen molar-refractivity contribution >= 4 is 11.8 Å². The summed E-state index contributed by atoms with van der Waals surface area (Å²) in [5, 5.41) is 0.653. The number of thioether (sulfide) groups is 1. The van der Waals surface area contributed by atoms with Crippen molar-refractivity contribution < 1.29 is 0 Å². The lowest BCUT2D eigenvalue weighted by molar-refractivity contribution is 0.403. The first-order valence-corrected chi connectivity index (χ1v) is 3.66. The highest BCUT2D eigenvalue weighted by molar-refractivity contribution is 7.99. The largest absolute Gasteiger partial charge is 0.298 e. The Balaban J connectivity index is 3.14. The van der Waals surface area contributed by atoms with Crippen LogP contribution in [0.25, 0.3) is 0 Å². The molecule has 0 saturated carbocycles. The molecular formula is C5H13NS. The molecule has 0 fully saturated rings. The van der Waals surface area contributed by atoms with E-state index in [9.17, 15) is 0 Å². The van der Waals surface area contributed by atoms with Crippen LogP contribution in [0.3, 0.4) is 0 Å². The molecule has 0 aromatic heterocycles. The fourth-order valence-corrected chi connectivity index (χ4v) is 0.632. The normalized spacial score (nSPS) is 15.0. The summed E-state index contributed by atoms with van der Waals surface area (Å²) in [6.45, 7) is 2.19. The van der Waals surface area contributed by atoms with Gasteiger partial charge in [-0.25, -0.2) is 0 Å². The monoisotopic (exact) mass is 119 g/mol. The van der Waals surface area contributed by atoms with E-state index in [1.54, 1.807) is 0 Å². The Labute approximate surface area is 50.1 Å². The van der Waals surface area contributed by atoms with E-state index in [1.807, 2.05) is 11.8 Å². The highest BCUT2D eigenvalue weighted by Gasteiger charge is 1.97. The lowest BCUT2D eigenvalue weighted by atomic mass is 10.7. The molecule has 44 valence electrons. The van der Waals surface area contributed by atoms with Gasteiger partial charge in [-0.3, -0.25) is 4.90 Å². The van der Waals surface area contributed by atoms with Crippen LogP contribution in [-0.2, 0) is 0 Å². The molecule has 0 radical (unpaired) electrons. The summed E-state index contributed by atoms with van der Waals surface area (Å²) in [5.41, 5.74) is 0. The van der Waals surface area contributed by atoms with E-state index in [2.05, 4.69) is 32.2 Å². The maximum Gasteiger partial charge on any atom is 0.0520 e. The van der Waals surface area contributed by atoms with Gasteiger partial charge in [-0.1, -0.05) is 0 Å². The highest BCUT2D eigenvalue weighted by atomic mass is 32.2. The van der Waals surface area contributed by atoms with Crippen LogP contribution < -0.4 is 0 Å². The summed E-state index contributed by atoms with van der Waals surface area (Å²) in [4.78, 5) is 2.19. The van der Waals surface area contributed by atoms with Crippen molar-refractivity contribution in [3.05, 3.63) is 0 Å². The summed E-state index contributed by atoms with van der Waals surface area (Å²) in [6, 6.07) is 0. The van der Waals surface area contributed by atoms with Gasteiger partial charge in [-0.05, 0) is 27.3 Å². The van der Waals surface area contributed by atoms with Gasteiger partial charge in [0.05, 0.1) is 5.37 Å². The molecule has 0 spiro atoms. The van der Waals surface area contributed by atoms with E-state index in [0.717, 1.165) is 0 Å². The predicted octanol–water partition coefficient (Wildman–Crippen LogP) is 1.26. The van der Waals surface area contributed by atoms with Gasteiger partial charge in [0.15, 0.2) is 0 Å². The summed E-state index contributed by atoms with van der Waals surface area (Å²) >= 11 is 1.86. The second-order valence-electron chi connectivity index (χ2n) is 1.80. The van der Waals surface area contributed by atoms with Gasteiger partial charge in [-0.2, -0.15) is 0 Å². The highest BCUT2D eigenvalue weighted by Crippen LogP contribution is 2.05. The van der Waals surface area contributed by atoms with E-state index in [-0.39, 0.29) is 0 Å². The molecule has 0 unspecified atom stereocenters. The Morgan fingerprint density at radius 2 is 1.86 bits per heavy atom. The smallest absolute Gasteiger partial charge is 0.0520 e. The van der Waals surface area contributed by atoms with Gasteiger partial charge in [0.2, 0.25) is 0 Å². The Morgan fingerprint density at radius 1 is 1.43 bits per heavy atom. The second-order valence-corrected chi connectivity index (χ2v) is 2.95. The van der Waals surface area contributed by atoms with Crippen LogP contribution in [-0.4, -0.2) is 30.6 Å². The van der Waals surface area contributed by atoms with Gasteiger partial charge in [-0.15, -0.1) is 11.8 Å².